The van der Waals surface area contributed by atoms with Crippen LogP contribution in [0.15, 0.2) is 22.6 Å². The van der Waals surface area contributed by atoms with Crippen molar-refractivity contribution >= 4 is 11.0 Å². The zero-order valence-electron chi connectivity index (χ0n) is 8.54. The first-order valence-electron chi connectivity index (χ1n) is 4.75. The van der Waals surface area contributed by atoms with E-state index in [2.05, 4.69) is 6.07 Å². The molecule has 1 aromatic heterocycles. The van der Waals surface area contributed by atoms with E-state index in [4.69, 9.17) is 9.68 Å². The molecule has 2 rings (SSSR count). The van der Waals surface area contributed by atoms with Gasteiger partial charge in [-0.15, -0.1) is 0 Å². The molecule has 1 heterocycles. The second-order valence-corrected chi connectivity index (χ2v) is 3.75. The third kappa shape index (κ3) is 1.48. The highest BCUT2D eigenvalue weighted by molar-refractivity contribution is 5.85. The summed E-state index contributed by atoms with van der Waals surface area (Å²) < 4.78 is 18.5. The molecular weight excluding hydrogens is 193 g/mol. The number of rotatable bonds is 1. The molecule has 0 fully saturated rings. The van der Waals surface area contributed by atoms with Gasteiger partial charge in [-0.25, -0.2) is 4.39 Å². The van der Waals surface area contributed by atoms with Crippen LogP contribution in [0.2, 0.25) is 0 Å². The van der Waals surface area contributed by atoms with Gasteiger partial charge in [0.15, 0.2) is 0 Å². The van der Waals surface area contributed by atoms with Gasteiger partial charge in [0.25, 0.3) is 0 Å². The van der Waals surface area contributed by atoms with Crippen molar-refractivity contribution in [3.63, 3.8) is 0 Å². The number of nitriles is 1. The molecule has 15 heavy (non-hydrogen) atoms. The van der Waals surface area contributed by atoms with Gasteiger partial charge in [-0.05, 0) is 18.2 Å². The molecule has 0 N–H and O–H groups in total. The maximum atomic E-state index is 13.0. The van der Waals surface area contributed by atoms with Crippen LogP contribution in [0.25, 0.3) is 11.0 Å². The van der Waals surface area contributed by atoms with E-state index < -0.39 is 0 Å². The van der Waals surface area contributed by atoms with E-state index in [9.17, 15) is 4.39 Å². The molecule has 0 saturated heterocycles. The molecule has 2 nitrogen and oxygen atoms in total. The molecule has 0 aliphatic rings. The van der Waals surface area contributed by atoms with Gasteiger partial charge in [-0.3, -0.25) is 0 Å². The normalized spacial score (nSPS) is 10.9. The molecule has 0 atom stereocenters. The number of halogens is 1. The third-order valence-electron chi connectivity index (χ3n) is 2.31. The molecule has 0 aliphatic carbocycles. The summed E-state index contributed by atoms with van der Waals surface area (Å²) in [4.78, 5) is 0. The van der Waals surface area contributed by atoms with E-state index >= 15 is 0 Å². The number of nitrogens with zero attached hydrogens (tertiary/aromatic N) is 1. The second-order valence-electron chi connectivity index (χ2n) is 3.75. The number of hydrogen-bond donors (Lipinski definition) is 0. The molecule has 0 aliphatic heterocycles. The number of benzene rings is 1. The summed E-state index contributed by atoms with van der Waals surface area (Å²) in [6.07, 6.45) is 0. The fourth-order valence-corrected chi connectivity index (χ4v) is 1.61. The SMILES string of the molecule is CC(C)c1oc2ccc(F)cc2c1C#N. The Kier molecular flexibility index (Phi) is 2.20. The maximum Gasteiger partial charge on any atom is 0.135 e. The van der Waals surface area contributed by atoms with Crippen LogP contribution in [0.4, 0.5) is 4.39 Å². The van der Waals surface area contributed by atoms with Crippen LogP contribution in [-0.2, 0) is 0 Å². The summed E-state index contributed by atoms with van der Waals surface area (Å²) in [6.45, 7) is 3.88. The lowest BCUT2D eigenvalue weighted by Gasteiger charge is -1.98. The van der Waals surface area contributed by atoms with Crippen molar-refractivity contribution < 1.29 is 8.81 Å². The number of hydrogen-bond acceptors (Lipinski definition) is 2. The van der Waals surface area contributed by atoms with E-state index in [1.54, 1.807) is 6.07 Å². The Morgan fingerprint density at radius 3 is 2.73 bits per heavy atom. The number of furan rings is 1. The van der Waals surface area contributed by atoms with Crippen LogP contribution in [0, 0.1) is 17.1 Å². The second kappa shape index (κ2) is 3.39. The van der Waals surface area contributed by atoms with Crippen molar-refractivity contribution in [3.8, 4) is 6.07 Å². The van der Waals surface area contributed by atoms with E-state index in [1.165, 1.54) is 12.1 Å². The summed E-state index contributed by atoms with van der Waals surface area (Å²) in [5.74, 6) is 0.392. The smallest absolute Gasteiger partial charge is 0.135 e. The van der Waals surface area contributed by atoms with Crippen LogP contribution in [0.1, 0.15) is 31.1 Å². The van der Waals surface area contributed by atoms with Crippen LogP contribution < -0.4 is 0 Å². The summed E-state index contributed by atoms with van der Waals surface area (Å²) in [7, 11) is 0. The highest BCUT2D eigenvalue weighted by Crippen LogP contribution is 2.30. The molecule has 0 radical (unpaired) electrons. The summed E-state index contributed by atoms with van der Waals surface area (Å²) >= 11 is 0. The maximum absolute atomic E-state index is 13.0. The van der Waals surface area contributed by atoms with Gasteiger partial charge in [0.2, 0.25) is 0 Å². The topological polar surface area (TPSA) is 36.9 Å². The van der Waals surface area contributed by atoms with Gasteiger partial charge in [0.1, 0.15) is 28.8 Å². The first-order chi connectivity index (χ1) is 7.13. The van der Waals surface area contributed by atoms with Crippen LogP contribution in [0.3, 0.4) is 0 Å². The average molecular weight is 203 g/mol. The van der Waals surface area contributed by atoms with E-state index in [-0.39, 0.29) is 11.7 Å². The first kappa shape index (κ1) is 9.72. The zero-order valence-corrected chi connectivity index (χ0v) is 8.54. The molecule has 0 saturated carbocycles. The minimum atomic E-state index is -0.352. The molecule has 2 aromatic rings. The molecule has 0 bridgehead atoms. The fourth-order valence-electron chi connectivity index (χ4n) is 1.61. The molecule has 3 heteroatoms. The quantitative estimate of drug-likeness (QED) is 0.710. The van der Waals surface area contributed by atoms with E-state index in [0.29, 0.717) is 22.3 Å². The van der Waals surface area contributed by atoms with Crippen molar-refractivity contribution in [2.75, 3.05) is 0 Å². The lowest BCUT2D eigenvalue weighted by atomic mass is 10.1. The van der Waals surface area contributed by atoms with Gasteiger partial charge < -0.3 is 4.42 Å². The molecule has 0 unspecified atom stereocenters. The molecule has 76 valence electrons. The van der Waals surface area contributed by atoms with E-state index in [0.717, 1.165) is 0 Å². The summed E-state index contributed by atoms with van der Waals surface area (Å²) in [5, 5.41) is 9.57. The Morgan fingerprint density at radius 2 is 2.13 bits per heavy atom. The highest BCUT2D eigenvalue weighted by Gasteiger charge is 2.16. The van der Waals surface area contributed by atoms with Crippen molar-refractivity contribution in [2.24, 2.45) is 0 Å². The Bertz CT molecular complexity index is 548. The van der Waals surface area contributed by atoms with Crippen molar-refractivity contribution in [1.82, 2.24) is 0 Å². The molecule has 0 amide bonds. The average Bonchev–Trinajstić information content (AvgIpc) is 2.55. The summed E-state index contributed by atoms with van der Waals surface area (Å²) in [5.41, 5.74) is 1.01. The van der Waals surface area contributed by atoms with Crippen molar-refractivity contribution in [1.29, 1.82) is 5.26 Å². The molecule has 1 aromatic carbocycles. The monoisotopic (exact) mass is 203 g/mol. The minimum Gasteiger partial charge on any atom is -0.459 e. The van der Waals surface area contributed by atoms with Gasteiger partial charge in [-0.1, -0.05) is 13.8 Å². The predicted octanol–water partition coefficient (Wildman–Crippen LogP) is 3.57. The predicted molar refractivity (Wildman–Crippen MR) is 55.0 cm³/mol. The molecular formula is C12H10FNO. The highest BCUT2D eigenvalue weighted by atomic mass is 19.1. The van der Waals surface area contributed by atoms with Gasteiger partial charge in [0, 0.05) is 11.3 Å². The zero-order chi connectivity index (χ0) is 11.0. The minimum absolute atomic E-state index is 0.120. The largest absolute Gasteiger partial charge is 0.459 e. The Balaban J connectivity index is 2.81. The Hall–Kier alpha value is -1.82. The van der Waals surface area contributed by atoms with Gasteiger partial charge >= 0.3 is 0 Å². The van der Waals surface area contributed by atoms with Crippen LogP contribution in [-0.4, -0.2) is 0 Å². The van der Waals surface area contributed by atoms with E-state index in [1.807, 2.05) is 13.8 Å². The Morgan fingerprint density at radius 1 is 1.40 bits per heavy atom. The first-order valence-corrected chi connectivity index (χ1v) is 4.75. The van der Waals surface area contributed by atoms with Crippen LogP contribution in [0.5, 0.6) is 0 Å². The Labute approximate surface area is 86.9 Å². The van der Waals surface area contributed by atoms with Crippen LogP contribution >= 0.6 is 0 Å². The van der Waals surface area contributed by atoms with Gasteiger partial charge in [0.05, 0.1) is 0 Å². The third-order valence-corrected chi connectivity index (χ3v) is 2.31. The van der Waals surface area contributed by atoms with Crippen molar-refractivity contribution in [3.05, 3.63) is 35.3 Å². The van der Waals surface area contributed by atoms with Crippen molar-refractivity contribution in [2.45, 2.75) is 19.8 Å². The molecule has 0 spiro atoms. The summed E-state index contributed by atoms with van der Waals surface area (Å²) in [6, 6.07) is 6.29. The lowest BCUT2D eigenvalue weighted by molar-refractivity contribution is 0.519. The van der Waals surface area contributed by atoms with Gasteiger partial charge in [-0.2, -0.15) is 5.26 Å². The standard InChI is InChI=1S/C12H10FNO/c1-7(2)12-10(6-14)9-5-8(13)3-4-11(9)15-12/h3-5,7H,1-2H3. The fraction of sp³-hybridized carbons (Fsp3) is 0.250. The lowest BCUT2D eigenvalue weighted by Crippen LogP contribution is -1.86. The number of fused-ring (bicyclic) bond motifs is 1.